The number of piperidine rings is 1. The second-order valence-electron chi connectivity index (χ2n) is 8.02. The van der Waals surface area contributed by atoms with Crippen molar-refractivity contribution in [2.45, 2.75) is 25.9 Å². The Hall–Kier alpha value is -3.26. The van der Waals surface area contributed by atoms with Crippen LogP contribution in [0.5, 0.6) is 11.5 Å². The summed E-state index contributed by atoms with van der Waals surface area (Å²) in [5, 5.41) is 3.28. The maximum Gasteiger partial charge on any atom is 0.311 e. The van der Waals surface area contributed by atoms with Crippen LogP contribution < -0.4 is 14.8 Å². The van der Waals surface area contributed by atoms with Crippen molar-refractivity contribution in [3.8, 4) is 11.5 Å². The van der Waals surface area contributed by atoms with Gasteiger partial charge in [0, 0.05) is 35.4 Å². The monoisotopic (exact) mass is 472 g/mol. The Morgan fingerprint density at radius 3 is 2.58 bits per heavy atom. The number of hydrogen-bond donors (Lipinski definition) is 1. The minimum atomic E-state index is -0.993. The van der Waals surface area contributed by atoms with E-state index in [2.05, 4.69) is 5.32 Å². The molecule has 2 aliphatic rings. The van der Waals surface area contributed by atoms with Crippen LogP contribution in [0.3, 0.4) is 0 Å². The van der Waals surface area contributed by atoms with E-state index in [1.54, 1.807) is 47.4 Å². The molecule has 0 spiro atoms. The first kappa shape index (κ1) is 22.9. The summed E-state index contributed by atoms with van der Waals surface area (Å²) < 4.78 is 16.4. The second kappa shape index (κ2) is 10.1. The van der Waals surface area contributed by atoms with Crippen molar-refractivity contribution in [3.63, 3.8) is 0 Å². The van der Waals surface area contributed by atoms with Gasteiger partial charge < -0.3 is 24.4 Å². The van der Waals surface area contributed by atoms with Crippen LogP contribution >= 0.6 is 11.6 Å². The average Bonchev–Trinajstić information content (AvgIpc) is 2.84. The number of rotatable bonds is 5. The molecule has 0 aliphatic carbocycles. The molecule has 2 atom stereocenters. The van der Waals surface area contributed by atoms with E-state index >= 15 is 0 Å². The van der Waals surface area contributed by atoms with Crippen LogP contribution in [0.4, 0.5) is 5.69 Å². The quantitative estimate of drug-likeness (QED) is 0.669. The zero-order valence-corrected chi connectivity index (χ0v) is 19.0. The van der Waals surface area contributed by atoms with E-state index in [0.29, 0.717) is 60.4 Å². The topological polar surface area (TPSA) is 94.2 Å². The van der Waals surface area contributed by atoms with Gasteiger partial charge in [-0.05, 0) is 56.2 Å². The van der Waals surface area contributed by atoms with Crippen LogP contribution in [0, 0.1) is 5.92 Å². The summed E-state index contributed by atoms with van der Waals surface area (Å²) in [6.07, 6.45) is 0.282. The number of fused-ring (bicyclic) bond motifs is 1. The summed E-state index contributed by atoms with van der Waals surface area (Å²) in [4.78, 5) is 39.7. The van der Waals surface area contributed by atoms with Crippen molar-refractivity contribution in [2.24, 2.45) is 5.92 Å². The fourth-order valence-corrected chi connectivity index (χ4v) is 3.94. The highest BCUT2D eigenvalue weighted by molar-refractivity contribution is 6.30. The molecule has 33 heavy (non-hydrogen) atoms. The molecule has 2 aliphatic heterocycles. The zero-order valence-electron chi connectivity index (χ0n) is 18.2. The van der Waals surface area contributed by atoms with Crippen molar-refractivity contribution in [1.29, 1.82) is 0 Å². The van der Waals surface area contributed by atoms with E-state index < -0.39 is 23.9 Å². The van der Waals surface area contributed by atoms with Gasteiger partial charge in [-0.2, -0.15) is 0 Å². The van der Waals surface area contributed by atoms with Crippen LogP contribution in [0.25, 0.3) is 0 Å². The van der Waals surface area contributed by atoms with Crippen LogP contribution in [-0.4, -0.2) is 55.1 Å². The van der Waals surface area contributed by atoms with Gasteiger partial charge in [-0.3, -0.25) is 14.4 Å². The molecule has 1 fully saturated rings. The first-order valence-electron chi connectivity index (χ1n) is 10.9. The molecule has 0 saturated carbocycles. The number of carbonyl (C=O) groups excluding carboxylic acids is 3. The number of likely N-dealkylation sites (tertiary alicyclic amines) is 1. The molecule has 0 radical (unpaired) electrons. The van der Waals surface area contributed by atoms with E-state index in [1.807, 2.05) is 0 Å². The summed E-state index contributed by atoms with van der Waals surface area (Å²) in [6.45, 7) is 3.25. The Balaban J connectivity index is 1.31. The van der Waals surface area contributed by atoms with Crippen LogP contribution in [0.1, 0.15) is 30.1 Å². The predicted molar refractivity (Wildman–Crippen MR) is 122 cm³/mol. The SMILES string of the molecule is C[C@H](OC(=O)[C@@H]1CCCN(C(=O)c2ccc(Cl)cc2)C1)C(=O)Nc1ccc2c(c1)OCCO2. The highest BCUT2D eigenvalue weighted by Crippen LogP contribution is 2.32. The maximum absolute atomic E-state index is 12.8. The van der Waals surface area contributed by atoms with Gasteiger partial charge in [0.2, 0.25) is 0 Å². The Morgan fingerprint density at radius 1 is 1.09 bits per heavy atom. The molecular formula is C24H25ClN2O6. The molecule has 2 heterocycles. The lowest BCUT2D eigenvalue weighted by Gasteiger charge is -2.32. The number of esters is 1. The molecule has 9 heteroatoms. The standard InChI is InChI=1S/C24H25ClN2O6/c1-15(22(28)26-19-8-9-20-21(13-19)32-12-11-31-20)33-24(30)17-3-2-10-27(14-17)23(29)16-4-6-18(25)7-5-16/h4-9,13,15,17H,2-3,10-12,14H2,1H3,(H,26,28)/t15-,17+/m0/s1. The Labute approximate surface area is 196 Å². The largest absolute Gasteiger partial charge is 0.486 e. The van der Waals surface area contributed by atoms with Crippen molar-refractivity contribution in [1.82, 2.24) is 4.90 Å². The molecule has 2 aromatic rings. The fraction of sp³-hybridized carbons (Fsp3) is 0.375. The molecule has 8 nitrogen and oxygen atoms in total. The number of amides is 2. The summed E-state index contributed by atoms with van der Waals surface area (Å²) in [6, 6.07) is 11.7. The highest BCUT2D eigenvalue weighted by Gasteiger charge is 2.32. The van der Waals surface area contributed by atoms with Crippen LogP contribution in [0.15, 0.2) is 42.5 Å². The third kappa shape index (κ3) is 5.57. The molecular weight excluding hydrogens is 448 g/mol. The molecule has 2 aromatic carbocycles. The fourth-order valence-electron chi connectivity index (χ4n) is 3.82. The Kier molecular flexibility index (Phi) is 7.03. The van der Waals surface area contributed by atoms with Gasteiger partial charge >= 0.3 is 5.97 Å². The van der Waals surface area contributed by atoms with Gasteiger partial charge in [-0.25, -0.2) is 0 Å². The Bertz CT molecular complexity index is 1040. The predicted octanol–water partition coefficient (Wildman–Crippen LogP) is 3.53. The van der Waals surface area contributed by atoms with Gasteiger partial charge in [-0.1, -0.05) is 11.6 Å². The molecule has 174 valence electrons. The van der Waals surface area contributed by atoms with Gasteiger partial charge in [0.15, 0.2) is 17.6 Å². The third-order valence-corrected chi connectivity index (χ3v) is 5.86. The number of nitrogens with one attached hydrogen (secondary N) is 1. The van der Waals surface area contributed by atoms with Crippen molar-refractivity contribution in [3.05, 3.63) is 53.1 Å². The number of hydrogen-bond acceptors (Lipinski definition) is 6. The minimum absolute atomic E-state index is 0.159. The van der Waals surface area contributed by atoms with Crippen molar-refractivity contribution < 1.29 is 28.6 Å². The number of halogens is 1. The van der Waals surface area contributed by atoms with E-state index in [-0.39, 0.29) is 12.5 Å². The number of ether oxygens (including phenoxy) is 3. The number of nitrogens with zero attached hydrogens (tertiary/aromatic N) is 1. The van der Waals surface area contributed by atoms with Crippen molar-refractivity contribution >= 4 is 35.1 Å². The van der Waals surface area contributed by atoms with Crippen molar-refractivity contribution in [2.75, 3.05) is 31.6 Å². The van der Waals surface area contributed by atoms with Crippen LogP contribution in [-0.2, 0) is 14.3 Å². The van der Waals surface area contributed by atoms with Gasteiger partial charge in [0.25, 0.3) is 11.8 Å². The molecule has 1 saturated heterocycles. The van der Waals surface area contributed by atoms with E-state index in [4.69, 9.17) is 25.8 Å². The van der Waals surface area contributed by atoms with Gasteiger partial charge in [0.05, 0.1) is 5.92 Å². The van der Waals surface area contributed by atoms with E-state index in [0.717, 1.165) is 0 Å². The van der Waals surface area contributed by atoms with Gasteiger partial charge in [0.1, 0.15) is 13.2 Å². The molecule has 1 N–H and O–H groups in total. The summed E-state index contributed by atoms with van der Waals surface area (Å²) in [5.41, 5.74) is 1.03. The molecule has 0 unspecified atom stereocenters. The first-order chi connectivity index (χ1) is 15.9. The number of carbonyl (C=O) groups is 3. The molecule has 2 amide bonds. The molecule has 0 aromatic heterocycles. The lowest BCUT2D eigenvalue weighted by atomic mass is 9.97. The lowest BCUT2D eigenvalue weighted by Crippen LogP contribution is -2.44. The van der Waals surface area contributed by atoms with E-state index in [1.165, 1.54) is 6.92 Å². The zero-order chi connectivity index (χ0) is 23.4. The molecule has 0 bridgehead atoms. The third-order valence-electron chi connectivity index (χ3n) is 5.60. The average molecular weight is 473 g/mol. The molecule has 4 rings (SSSR count). The highest BCUT2D eigenvalue weighted by atomic mass is 35.5. The minimum Gasteiger partial charge on any atom is -0.486 e. The number of benzene rings is 2. The smallest absolute Gasteiger partial charge is 0.311 e. The van der Waals surface area contributed by atoms with Gasteiger partial charge in [-0.15, -0.1) is 0 Å². The van der Waals surface area contributed by atoms with Crippen LogP contribution in [0.2, 0.25) is 5.02 Å². The first-order valence-corrected chi connectivity index (χ1v) is 11.2. The normalized spacial score (nSPS) is 18.2. The van der Waals surface area contributed by atoms with E-state index in [9.17, 15) is 14.4 Å². The summed E-state index contributed by atoms with van der Waals surface area (Å²) in [5.74, 6) is -0.420. The lowest BCUT2D eigenvalue weighted by molar-refractivity contribution is -0.158. The number of anilines is 1. The summed E-state index contributed by atoms with van der Waals surface area (Å²) >= 11 is 5.89. The maximum atomic E-state index is 12.8. The second-order valence-corrected chi connectivity index (χ2v) is 8.46. The summed E-state index contributed by atoms with van der Waals surface area (Å²) in [7, 11) is 0. The Morgan fingerprint density at radius 2 is 1.82 bits per heavy atom.